The van der Waals surface area contributed by atoms with E-state index in [0.29, 0.717) is 0 Å². The highest BCUT2D eigenvalue weighted by Crippen LogP contribution is 2.40. The van der Waals surface area contributed by atoms with Gasteiger partial charge in [-0.2, -0.15) is 26.3 Å². The highest BCUT2D eigenvalue weighted by Gasteiger charge is 2.39. The van der Waals surface area contributed by atoms with Gasteiger partial charge < -0.3 is 5.73 Å². The van der Waals surface area contributed by atoms with Crippen LogP contribution in [0.5, 0.6) is 0 Å². The van der Waals surface area contributed by atoms with Gasteiger partial charge in [-0.15, -0.1) is 0 Å². The Bertz CT molecular complexity index is 488. The van der Waals surface area contributed by atoms with Crippen molar-refractivity contribution in [3.63, 3.8) is 0 Å². The Morgan fingerprint density at radius 3 is 1.78 bits per heavy atom. The van der Waals surface area contributed by atoms with Crippen LogP contribution in [0.15, 0.2) is 12.1 Å². The predicted molar refractivity (Wildman–Crippen MR) is 50.9 cm³/mol. The van der Waals surface area contributed by atoms with Crippen LogP contribution in [0.3, 0.4) is 0 Å². The Balaban J connectivity index is 3.60. The van der Waals surface area contributed by atoms with Crippen LogP contribution in [0.1, 0.15) is 28.4 Å². The number of Topliss-reactive ketones (excluding diaryl/α,β-unsaturated/α-hetero) is 1. The van der Waals surface area contributed by atoms with Crippen molar-refractivity contribution in [2.75, 3.05) is 5.73 Å². The summed E-state index contributed by atoms with van der Waals surface area (Å²) < 4.78 is 74.9. The summed E-state index contributed by atoms with van der Waals surface area (Å²) in [6.07, 6.45) is -9.86. The lowest BCUT2D eigenvalue weighted by molar-refractivity contribution is -0.141. The molecule has 0 atom stereocenters. The van der Waals surface area contributed by atoms with Gasteiger partial charge in [0, 0.05) is 11.3 Å². The molecule has 0 fully saturated rings. The van der Waals surface area contributed by atoms with Gasteiger partial charge in [-0.3, -0.25) is 4.79 Å². The van der Waals surface area contributed by atoms with Gasteiger partial charge >= 0.3 is 12.4 Å². The molecule has 18 heavy (non-hydrogen) atoms. The van der Waals surface area contributed by atoms with Crippen LogP contribution < -0.4 is 5.73 Å². The summed E-state index contributed by atoms with van der Waals surface area (Å²) in [5.41, 5.74) is -0.109. The van der Waals surface area contributed by atoms with E-state index in [9.17, 15) is 31.1 Å². The zero-order valence-electron chi connectivity index (χ0n) is 8.91. The highest BCUT2D eigenvalue weighted by atomic mass is 19.4. The standard InChI is InChI=1S/C10H7F6NO/c1-4(18)5-2-7(10(14,15)16)8(17)3-6(5)9(11,12)13/h2-3H,17H2,1H3. The van der Waals surface area contributed by atoms with Gasteiger partial charge in [-0.1, -0.05) is 0 Å². The zero-order chi connectivity index (χ0) is 14.3. The molecular weight excluding hydrogens is 264 g/mol. The molecule has 1 aromatic carbocycles. The summed E-state index contributed by atoms with van der Waals surface area (Å²) >= 11 is 0. The smallest absolute Gasteiger partial charge is 0.398 e. The molecule has 0 aliphatic heterocycles. The van der Waals surface area contributed by atoms with Gasteiger partial charge in [0.25, 0.3) is 0 Å². The third kappa shape index (κ3) is 2.74. The van der Waals surface area contributed by atoms with Gasteiger partial charge in [0.15, 0.2) is 5.78 Å². The first-order valence-electron chi connectivity index (χ1n) is 4.53. The normalized spacial score (nSPS) is 12.6. The number of alkyl halides is 6. The van der Waals surface area contributed by atoms with Crippen molar-refractivity contribution in [3.8, 4) is 0 Å². The van der Waals surface area contributed by atoms with Crippen molar-refractivity contribution in [2.45, 2.75) is 19.3 Å². The molecule has 0 aromatic heterocycles. The molecule has 2 nitrogen and oxygen atoms in total. The summed E-state index contributed by atoms with van der Waals surface area (Å²) in [6.45, 7) is 0.751. The molecule has 1 aromatic rings. The average Bonchev–Trinajstić information content (AvgIpc) is 2.13. The van der Waals surface area contributed by atoms with Gasteiger partial charge in [0.2, 0.25) is 0 Å². The zero-order valence-corrected chi connectivity index (χ0v) is 8.91. The van der Waals surface area contributed by atoms with E-state index < -0.39 is 40.5 Å². The molecule has 2 N–H and O–H groups in total. The number of nitrogen functional groups attached to an aromatic ring is 1. The van der Waals surface area contributed by atoms with Crippen LogP contribution in [-0.4, -0.2) is 5.78 Å². The second-order valence-electron chi connectivity index (χ2n) is 3.54. The molecule has 0 heterocycles. The fourth-order valence-corrected chi connectivity index (χ4v) is 1.39. The minimum atomic E-state index is -4.95. The molecule has 0 amide bonds. The molecule has 0 radical (unpaired) electrons. The van der Waals surface area contributed by atoms with Crippen molar-refractivity contribution in [3.05, 3.63) is 28.8 Å². The predicted octanol–water partition coefficient (Wildman–Crippen LogP) is 3.51. The second kappa shape index (κ2) is 4.18. The Morgan fingerprint density at radius 1 is 1.00 bits per heavy atom. The molecule has 0 saturated carbocycles. The summed E-state index contributed by atoms with van der Waals surface area (Å²) in [5, 5.41) is 0. The van der Waals surface area contributed by atoms with Crippen LogP contribution in [0.2, 0.25) is 0 Å². The number of hydrogen-bond donors (Lipinski definition) is 1. The van der Waals surface area contributed by atoms with E-state index in [1.165, 1.54) is 0 Å². The van der Waals surface area contributed by atoms with Crippen LogP contribution in [0, 0.1) is 0 Å². The Kier molecular flexibility index (Phi) is 3.33. The third-order valence-electron chi connectivity index (χ3n) is 2.18. The molecule has 8 heteroatoms. The number of nitrogens with two attached hydrogens (primary N) is 1. The number of carbonyl (C=O) groups is 1. The maximum Gasteiger partial charge on any atom is 0.418 e. The Labute approximate surface area is 97.4 Å². The number of hydrogen-bond acceptors (Lipinski definition) is 2. The minimum absolute atomic E-state index is 0.125. The van der Waals surface area contributed by atoms with E-state index in [1.807, 2.05) is 0 Å². The number of benzene rings is 1. The largest absolute Gasteiger partial charge is 0.418 e. The quantitative estimate of drug-likeness (QED) is 0.482. The summed E-state index contributed by atoms with van der Waals surface area (Å²) in [6, 6.07) is 0.250. The average molecular weight is 271 g/mol. The van der Waals surface area contributed by atoms with Crippen molar-refractivity contribution < 1.29 is 31.1 Å². The van der Waals surface area contributed by atoms with E-state index in [-0.39, 0.29) is 12.1 Å². The van der Waals surface area contributed by atoms with Crippen LogP contribution in [0.25, 0.3) is 0 Å². The number of anilines is 1. The van der Waals surface area contributed by atoms with E-state index in [4.69, 9.17) is 5.73 Å². The first kappa shape index (κ1) is 14.3. The SMILES string of the molecule is CC(=O)c1cc(C(F)(F)F)c(N)cc1C(F)(F)F. The molecule has 0 saturated heterocycles. The van der Waals surface area contributed by atoms with E-state index in [0.717, 1.165) is 6.92 Å². The maximum atomic E-state index is 12.5. The number of ketones is 1. The number of rotatable bonds is 1. The summed E-state index contributed by atoms with van der Waals surface area (Å²) in [4.78, 5) is 11.0. The van der Waals surface area contributed by atoms with Crippen LogP contribution in [0.4, 0.5) is 32.0 Å². The topological polar surface area (TPSA) is 43.1 Å². The lowest BCUT2D eigenvalue weighted by Gasteiger charge is -2.16. The van der Waals surface area contributed by atoms with Crippen molar-refractivity contribution in [1.82, 2.24) is 0 Å². The molecule has 0 aliphatic rings. The van der Waals surface area contributed by atoms with Gasteiger partial charge in [-0.05, 0) is 19.1 Å². The summed E-state index contributed by atoms with van der Waals surface area (Å²) in [5.74, 6) is -1.12. The molecule has 0 aliphatic carbocycles. The van der Waals surface area contributed by atoms with Crippen molar-refractivity contribution in [2.24, 2.45) is 0 Å². The Morgan fingerprint density at radius 2 is 1.44 bits per heavy atom. The third-order valence-corrected chi connectivity index (χ3v) is 2.18. The number of halogens is 6. The van der Waals surface area contributed by atoms with Gasteiger partial charge in [0.1, 0.15) is 0 Å². The fourth-order valence-electron chi connectivity index (χ4n) is 1.39. The Hall–Kier alpha value is -1.73. The maximum absolute atomic E-state index is 12.5. The van der Waals surface area contributed by atoms with Crippen molar-refractivity contribution >= 4 is 11.5 Å². The molecule has 1 rings (SSSR count). The monoisotopic (exact) mass is 271 g/mol. The minimum Gasteiger partial charge on any atom is -0.398 e. The van der Waals surface area contributed by atoms with Crippen molar-refractivity contribution in [1.29, 1.82) is 0 Å². The molecule has 0 unspecified atom stereocenters. The van der Waals surface area contributed by atoms with Crippen LogP contribution >= 0.6 is 0 Å². The van der Waals surface area contributed by atoms with Gasteiger partial charge in [0.05, 0.1) is 11.1 Å². The summed E-state index contributed by atoms with van der Waals surface area (Å²) in [7, 11) is 0. The fraction of sp³-hybridized carbons (Fsp3) is 0.300. The van der Waals surface area contributed by atoms with E-state index in [1.54, 1.807) is 0 Å². The first-order chi connectivity index (χ1) is 7.94. The molecule has 0 spiro atoms. The second-order valence-corrected chi connectivity index (χ2v) is 3.54. The van der Waals surface area contributed by atoms with Gasteiger partial charge in [-0.25, -0.2) is 0 Å². The molecule has 0 bridgehead atoms. The van der Waals surface area contributed by atoms with E-state index >= 15 is 0 Å². The lowest BCUT2D eigenvalue weighted by Crippen LogP contribution is -2.17. The first-order valence-corrected chi connectivity index (χ1v) is 4.53. The van der Waals surface area contributed by atoms with E-state index in [2.05, 4.69) is 0 Å². The molecular formula is C10H7F6NO. The number of carbonyl (C=O) groups excluding carboxylic acids is 1. The van der Waals surface area contributed by atoms with Crippen LogP contribution in [-0.2, 0) is 12.4 Å². The lowest BCUT2D eigenvalue weighted by atomic mass is 9.98. The highest BCUT2D eigenvalue weighted by molar-refractivity contribution is 5.96. The molecule has 100 valence electrons.